The molecular formula is C33H43NO6. The van der Waals surface area contributed by atoms with Crippen LogP contribution in [0, 0.1) is 0 Å². The maximum Gasteiger partial charge on any atom is 0.317 e. The lowest BCUT2D eigenvalue weighted by molar-refractivity contribution is -0.183. The molecule has 0 unspecified atom stereocenters. The van der Waals surface area contributed by atoms with Crippen LogP contribution in [-0.4, -0.2) is 64.1 Å². The van der Waals surface area contributed by atoms with Gasteiger partial charge in [0, 0.05) is 12.1 Å². The zero-order chi connectivity index (χ0) is 29.0. The Labute approximate surface area is 238 Å². The summed E-state index contributed by atoms with van der Waals surface area (Å²) in [6.07, 6.45) is -2.93. The normalized spacial score (nSPS) is 14.9. The van der Waals surface area contributed by atoms with Crippen molar-refractivity contribution < 1.29 is 29.2 Å². The van der Waals surface area contributed by atoms with Crippen molar-refractivity contribution in [2.24, 2.45) is 0 Å². The third-order valence-electron chi connectivity index (χ3n) is 6.72. The molecule has 0 aromatic heterocycles. The van der Waals surface area contributed by atoms with Crippen molar-refractivity contribution in [1.82, 2.24) is 4.90 Å². The molecule has 3 aromatic carbocycles. The first-order chi connectivity index (χ1) is 19.1. The van der Waals surface area contributed by atoms with Crippen molar-refractivity contribution in [2.75, 3.05) is 13.1 Å². The van der Waals surface area contributed by atoms with Crippen LogP contribution in [0.15, 0.2) is 91.0 Å². The first kappa shape index (κ1) is 31.5. The minimum absolute atomic E-state index is 0.162. The molecule has 7 nitrogen and oxygen atoms in total. The molecule has 0 aliphatic rings. The molecule has 0 heterocycles. The average Bonchev–Trinajstić information content (AvgIpc) is 2.93. The Morgan fingerprint density at radius 3 is 1.50 bits per heavy atom. The van der Waals surface area contributed by atoms with Crippen LogP contribution >= 0.6 is 0 Å². The summed E-state index contributed by atoms with van der Waals surface area (Å²) in [7, 11) is 0. The second-order valence-electron chi connectivity index (χ2n) is 11.0. The van der Waals surface area contributed by atoms with E-state index < -0.39 is 35.9 Å². The number of ether oxygens (including phenoxy) is 3. The molecule has 0 aliphatic carbocycles. The predicted octanol–water partition coefficient (Wildman–Crippen LogP) is 5.31. The van der Waals surface area contributed by atoms with Crippen molar-refractivity contribution in [3.8, 4) is 0 Å². The van der Waals surface area contributed by atoms with E-state index in [4.69, 9.17) is 14.2 Å². The summed E-state index contributed by atoms with van der Waals surface area (Å²) in [4.78, 5) is 13.7. The van der Waals surface area contributed by atoms with Crippen molar-refractivity contribution in [3.05, 3.63) is 108 Å². The summed E-state index contributed by atoms with van der Waals surface area (Å²) in [6.45, 7) is 8.57. The molecule has 3 rings (SSSR count). The van der Waals surface area contributed by atoms with Gasteiger partial charge < -0.3 is 24.4 Å². The van der Waals surface area contributed by atoms with Gasteiger partial charge in [0.25, 0.3) is 0 Å². The van der Waals surface area contributed by atoms with E-state index in [1.807, 2.05) is 117 Å². The number of nitrogens with zero attached hydrogens (tertiary/aromatic N) is 1. The van der Waals surface area contributed by atoms with E-state index in [1.54, 1.807) is 6.92 Å². The van der Waals surface area contributed by atoms with E-state index in [0.717, 1.165) is 16.7 Å². The zero-order valence-electron chi connectivity index (χ0n) is 24.0. The third-order valence-corrected chi connectivity index (χ3v) is 6.72. The van der Waals surface area contributed by atoms with Crippen molar-refractivity contribution in [2.45, 2.75) is 77.5 Å². The van der Waals surface area contributed by atoms with Gasteiger partial charge in [0.15, 0.2) is 0 Å². The van der Waals surface area contributed by atoms with Crippen LogP contribution in [0.3, 0.4) is 0 Å². The number of aliphatic carboxylic acids is 1. The van der Waals surface area contributed by atoms with Gasteiger partial charge in [-0.25, -0.2) is 0 Å². The minimum atomic E-state index is -0.925. The van der Waals surface area contributed by atoms with Gasteiger partial charge in [0.1, 0.15) is 12.2 Å². The monoisotopic (exact) mass is 549 g/mol. The molecule has 0 radical (unpaired) electrons. The second kappa shape index (κ2) is 15.6. The molecule has 0 saturated carbocycles. The van der Waals surface area contributed by atoms with Crippen LogP contribution in [0.5, 0.6) is 0 Å². The Balaban J connectivity index is 1.95. The number of benzene rings is 3. The third kappa shape index (κ3) is 10.5. The van der Waals surface area contributed by atoms with E-state index in [0.29, 0.717) is 6.61 Å². The Hall–Kier alpha value is -3.07. The van der Waals surface area contributed by atoms with E-state index in [-0.39, 0.29) is 26.3 Å². The molecule has 0 bridgehead atoms. The molecule has 0 amide bonds. The van der Waals surface area contributed by atoms with E-state index >= 15 is 0 Å². The predicted molar refractivity (Wildman–Crippen MR) is 156 cm³/mol. The Bertz CT molecular complexity index is 1120. The smallest absolute Gasteiger partial charge is 0.317 e. The fourth-order valence-electron chi connectivity index (χ4n) is 4.44. The number of aliphatic hydroxyl groups is 1. The molecule has 0 fully saturated rings. The first-order valence-electron chi connectivity index (χ1n) is 13.7. The summed E-state index contributed by atoms with van der Waals surface area (Å²) in [5, 5.41) is 20.7. The fourth-order valence-corrected chi connectivity index (χ4v) is 4.44. The molecule has 3 aromatic rings. The van der Waals surface area contributed by atoms with E-state index in [9.17, 15) is 15.0 Å². The molecule has 4 atom stereocenters. The van der Waals surface area contributed by atoms with Crippen LogP contribution < -0.4 is 0 Å². The van der Waals surface area contributed by atoms with Gasteiger partial charge in [-0.3, -0.25) is 9.69 Å². The molecule has 0 spiro atoms. The molecule has 40 heavy (non-hydrogen) atoms. The number of aliphatic hydroxyl groups excluding tert-OH is 1. The topological polar surface area (TPSA) is 88.5 Å². The lowest BCUT2D eigenvalue weighted by atomic mass is 9.99. The summed E-state index contributed by atoms with van der Waals surface area (Å²) < 4.78 is 19.4. The molecular weight excluding hydrogens is 506 g/mol. The van der Waals surface area contributed by atoms with Gasteiger partial charge in [0.2, 0.25) is 0 Å². The van der Waals surface area contributed by atoms with Gasteiger partial charge >= 0.3 is 5.97 Å². The van der Waals surface area contributed by atoms with Crippen molar-refractivity contribution >= 4 is 5.97 Å². The number of rotatable bonds is 16. The van der Waals surface area contributed by atoms with Gasteiger partial charge in [0.05, 0.1) is 38.6 Å². The number of hydrogen-bond donors (Lipinski definition) is 2. The summed E-state index contributed by atoms with van der Waals surface area (Å²) in [6, 6.07) is 29.4. The van der Waals surface area contributed by atoms with Gasteiger partial charge in [-0.15, -0.1) is 0 Å². The van der Waals surface area contributed by atoms with E-state index in [1.165, 1.54) is 0 Å². The number of carboxylic acid groups (broad SMARTS) is 1. The van der Waals surface area contributed by atoms with Gasteiger partial charge in [-0.1, -0.05) is 91.0 Å². The minimum Gasteiger partial charge on any atom is -0.480 e. The SMILES string of the molecule is C[C@H](O)[C@H](OCc1ccccc1)[C@@H](OCc1ccccc1)[C@H](CN(CC(=O)O)C(C)(C)C)OCc1ccccc1. The zero-order valence-corrected chi connectivity index (χ0v) is 24.0. The van der Waals surface area contributed by atoms with Crippen LogP contribution in [-0.2, 0) is 38.8 Å². The van der Waals surface area contributed by atoms with Crippen LogP contribution in [0.4, 0.5) is 0 Å². The lowest BCUT2D eigenvalue weighted by Crippen LogP contribution is -2.55. The van der Waals surface area contributed by atoms with Crippen LogP contribution in [0.25, 0.3) is 0 Å². The first-order valence-corrected chi connectivity index (χ1v) is 13.7. The molecule has 7 heteroatoms. The Kier molecular flexibility index (Phi) is 12.3. The maximum atomic E-state index is 11.8. The van der Waals surface area contributed by atoms with Crippen molar-refractivity contribution in [1.29, 1.82) is 0 Å². The highest BCUT2D eigenvalue weighted by Crippen LogP contribution is 2.24. The summed E-state index contributed by atoms with van der Waals surface area (Å²) >= 11 is 0. The largest absolute Gasteiger partial charge is 0.480 e. The van der Waals surface area contributed by atoms with Crippen LogP contribution in [0.2, 0.25) is 0 Å². The van der Waals surface area contributed by atoms with E-state index in [2.05, 4.69) is 0 Å². The fraction of sp³-hybridized carbons (Fsp3) is 0.424. The molecule has 0 saturated heterocycles. The highest BCUT2D eigenvalue weighted by atomic mass is 16.6. The Morgan fingerprint density at radius 2 is 1.12 bits per heavy atom. The van der Waals surface area contributed by atoms with Crippen LogP contribution in [0.1, 0.15) is 44.4 Å². The van der Waals surface area contributed by atoms with Gasteiger partial charge in [-0.05, 0) is 44.4 Å². The molecule has 2 N–H and O–H groups in total. The highest BCUT2D eigenvalue weighted by Gasteiger charge is 2.38. The maximum absolute atomic E-state index is 11.8. The number of carbonyl (C=O) groups is 1. The summed E-state index contributed by atoms with van der Waals surface area (Å²) in [5.41, 5.74) is 2.47. The lowest BCUT2D eigenvalue weighted by Gasteiger charge is -2.41. The standard InChI is InChI=1S/C33H43NO6/c1-25(35)31(39-23-27-16-10-6-11-17-27)32(40-24-28-18-12-7-13-19-28)29(38-22-26-14-8-5-9-15-26)20-34(21-30(36)37)33(2,3)4/h5-19,25,29,31-32,35H,20-24H2,1-4H3,(H,36,37)/t25-,29-,31-,32-/m0/s1. The van der Waals surface area contributed by atoms with Gasteiger partial charge in [-0.2, -0.15) is 0 Å². The van der Waals surface area contributed by atoms with Crippen molar-refractivity contribution in [3.63, 3.8) is 0 Å². The molecule has 0 aliphatic heterocycles. The number of hydrogen-bond acceptors (Lipinski definition) is 6. The Morgan fingerprint density at radius 1 is 0.725 bits per heavy atom. The summed E-state index contributed by atoms with van der Waals surface area (Å²) in [5.74, 6) is -0.925. The number of carboxylic acids is 1. The highest BCUT2D eigenvalue weighted by molar-refractivity contribution is 5.69. The molecule has 216 valence electrons. The average molecular weight is 550 g/mol. The second-order valence-corrected chi connectivity index (χ2v) is 11.0. The quantitative estimate of drug-likeness (QED) is 0.250.